The molecule has 1 aromatic heterocycles. The zero-order valence-corrected chi connectivity index (χ0v) is 20.2. The first kappa shape index (κ1) is 23.9. The van der Waals surface area contributed by atoms with Crippen LogP contribution < -0.4 is 10.6 Å². The summed E-state index contributed by atoms with van der Waals surface area (Å²) in [5.41, 5.74) is 4.95. The molecule has 0 saturated heterocycles. The van der Waals surface area contributed by atoms with Crippen molar-refractivity contribution in [2.75, 3.05) is 13.6 Å². The lowest BCUT2D eigenvalue weighted by Gasteiger charge is -2.12. The fourth-order valence-electron chi connectivity index (χ4n) is 3.08. The van der Waals surface area contributed by atoms with E-state index in [9.17, 15) is 0 Å². The van der Waals surface area contributed by atoms with Crippen molar-refractivity contribution in [3.8, 4) is 5.69 Å². The molecule has 0 unspecified atom stereocenters. The summed E-state index contributed by atoms with van der Waals surface area (Å²) in [6, 6.07) is 17.2. The molecule has 0 amide bonds. The molecule has 6 nitrogen and oxygen atoms in total. The minimum Gasteiger partial charge on any atom is -0.356 e. The number of aryl methyl sites for hydroxylation is 1. The van der Waals surface area contributed by atoms with Crippen LogP contribution in [0.25, 0.3) is 5.69 Å². The normalized spacial score (nSPS) is 11.3. The monoisotopic (exact) mass is 518 g/mol. The number of guanidine groups is 1. The minimum atomic E-state index is 0. The highest BCUT2D eigenvalue weighted by Crippen LogP contribution is 2.15. The average molecular weight is 518 g/mol. The Morgan fingerprint density at radius 3 is 2.30 bits per heavy atom. The Balaban J connectivity index is 0.00000320. The van der Waals surface area contributed by atoms with Gasteiger partial charge in [0, 0.05) is 20.1 Å². The van der Waals surface area contributed by atoms with Gasteiger partial charge in [-0.25, -0.2) is 9.67 Å². The van der Waals surface area contributed by atoms with Crippen molar-refractivity contribution in [1.29, 1.82) is 0 Å². The molecule has 0 saturated carbocycles. The summed E-state index contributed by atoms with van der Waals surface area (Å²) >= 11 is 0. The number of nitrogens with one attached hydrogen (secondary N) is 2. The van der Waals surface area contributed by atoms with Crippen LogP contribution in [0.1, 0.15) is 42.9 Å². The number of aromatic nitrogens is 3. The van der Waals surface area contributed by atoms with E-state index >= 15 is 0 Å². The Bertz CT molecular complexity index is 886. The van der Waals surface area contributed by atoms with E-state index in [1.807, 2.05) is 12.1 Å². The molecule has 3 aromatic rings. The Labute approximate surface area is 196 Å². The predicted molar refractivity (Wildman–Crippen MR) is 134 cm³/mol. The van der Waals surface area contributed by atoms with Crippen LogP contribution in [0.3, 0.4) is 0 Å². The van der Waals surface area contributed by atoms with E-state index in [2.05, 4.69) is 76.0 Å². The summed E-state index contributed by atoms with van der Waals surface area (Å²) in [6.45, 7) is 6.05. The van der Waals surface area contributed by atoms with E-state index in [4.69, 9.17) is 0 Å². The highest BCUT2D eigenvalue weighted by molar-refractivity contribution is 14.0. The van der Waals surface area contributed by atoms with Crippen LogP contribution in [0.4, 0.5) is 0 Å². The Hall–Kier alpha value is -2.42. The van der Waals surface area contributed by atoms with Gasteiger partial charge in [0.15, 0.2) is 5.96 Å². The van der Waals surface area contributed by atoms with Crippen molar-refractivity contribution < 1.29 is 0 Å². The summed E-state index contributed by atoms with van der Waals surface area (Å²) in [7, 11) is 1.80. The van der Waals surface area contributed by atoms with Crippen LogP contribution in [0, 0.1) is 0 Å². The van der Waals surface area contributed by atoms with E-state index in [0.717, 1.165) is 31.0 Å². The Kier molecular flexibility index (Phi) is 9.79. The summed E-state index contributed by atoms with van der Waals surface area (Å²) in [4.78, 5) is 8.28. The van der Waals surface area contributed by atoms with Gasteiger partial charge < -0.3 is 10.6 Å². The van der Waals surface area contributed by atoms with Gasteiger partial charge in [0.25, 0.3) is 0 Å². The Morgan fingerprint density at radius 2 is 1.70 bits per heavy atom. The third-order valence-corrected chi connectivity index (χ3v) is 4.88. The van der Waals surface area contributed by atoms with E-state index in [0.29, 0.717) is 12.5 Å². The molecular formula is C23H31IN6. The van der Waals surface area contributed by atoms with Gasteiger partial charge in [0.05, 0.1) is 5.69 Å². The molecule has 0 radical (unpaired) electrons. The molecule has 2 N–H and O–H groups in total. The molecule has 0 spiro atoms. The molecule has 3 rings (SSSR count). The second-order valence-corrected chi connectivity index (χ2v) is 7.36. The number of aliphatic imine (C=N–C) groups is 1. The van der Waals surface area contributed by atoms with Gasteiger partial charge in [-0.2, -0.15) is 5.10 Å². The van der Waals surface area contributed by atoms with Crippen LogP contribution in [0.2, 0.25) is 0 Å². The molecule has 30 heavy (non-hydrogen) atoms. The van der Waals surface area contributed by atoms with Gasteiger partial charge in [-0.15, -0.1) is 24.0 Å². The molecule has 0 aliphatic heterocycles. The van der Waals surface area contributed by atoms with E-state index in [1.54, 1.807) is 18.1 Å². The first-order valence-electron chi connectivity index (χ1n) is 10.1. The predicted octanol–water partition coefficient (Wildman–Crippen LogP) is 4.31. The highest BCUT2D eigenvalue weighted by atomic mass is 127. The molecule has 0 bridgehead atoms. The van der Waals surface area contributed by atoms with Gasteiger partial charge >= 0.3 is 0 Å². The first-order chi connectivity index (χ1) is 14.2. The lowest BCUT2D eigenvalue weighted by Crippen LogP contribution is -2.37. The van der Waals surface area contributed by atoms with Crippen LogP contribution >= 0.6 is 24.0 Å². The zero-order valence-electron chi connectivity index (χ0n) is 17.9. The standard InChI is InChI=1S/C23H30N6.HI/c1-18(2)21-10-6-19(7-11-21)5-4-14-26-23(24-3)27-15-20-8-12-22(13-9-20)29-17-25-16-28-29;/h6-13,16-18H,4-5,14-15H2,1-3H3,(H2,24,26,27);1H. The van der Waals surface area contributed by atoms with Gasteiger partial charge in [-0.1, -0.05) is 50.2 Å². The molecule has 0 aliphatic rings. The van der Waals surface area contributed by atoms with Crippen LogP contribution in [0.15, 0.2) is 66.2 Å². The fourth-order valence-corrected chi connectivity index (χ4v) is 3.08. The molecular weight excluding hydrogens is 487 g/mol. The smallest absolute Gasteiger partial charge is 0.191 e. The van der Waals surface area contributed by atoms with Gasteiger partial charge in [-0.05, 0) is 47.6 Å². The van der Waals surface area contributed by atoms with Crippen molar-refractivity contribution in [3.63, 3.8) is 0 Å². The number of hydrogen-bond donors (Lipinski definition) is 2. The Morgan fingerprint density at radius 1 is 1.00 bits per heavy atom. The first-order valence-corrected chi connectivity index (χ1v) is 10.1. The minimum absolute atomic E-state index is 0. The van der Waals surface area contributed by atoms with Gasteiger partial charge in [-0.3, -0.25) is 4.99 Å². The quantitative estimate of drug-likeness (QED) is 0.202. The van der Waals surface area contributed by atoms with Crippen molar-refractivity contribution in [3.05, 3.63) is 77.9 Å². The number of halogens is 1. The summed E-state index contributed by atoms with van der Waals surface area (Å²) in [6.07, 6.45) is 5.35. The van der Waals surface area contributed by atoms with E-state index < -0.39 is 0 Å². The number of hydrogen-bond acceptors (Lipinski definition) is 3. The second-order valence-electron chi connectivity index (χ2n) is 7.36. The second kappa shape index (κ2) is 12.3. The highest BCUT2D eigenvalue weighted by Gasteiger charge is 2.02. The third kappa shape index (κ3) is 7.12. The lowest BCUT2D eigenvalue weighted by molar-refractivity contribution is 0.741. The van der Waals surface area contributed by atoms with Crippen LogP contribution in [-0.2, 0) is 13.0 Å². The molecule has 0 aliphatic carbocycles. The summed E-state index contributed by atoms with van der Waals surface area (Å²) in [5.74, 6) is 1.40. The molecule has 1 heterocycles. The molecule has 160 valence electrons. The average Bonchev–Trinajstić information content (AvgIpc) is 3.29. The summed E-state index contributed by atoms with van der Waals surface area (Å²) in [5, 5.41) is 10.9. The van der Waals surface area contributed by atoms with Crippen molar-refractivity contribution in [2.45, 2.75) is 39.2 Å². The topological polar surface area (TPSA) is 67.1 Å². The maximum absolute atomic E-state index is 4.31. The summed E-state index contributed by atoms with van der Waals surface area (Å²) < 4.78 is 1.74. The van der Waals surface area contributed by atoms with Crippen molar-refractivity contribution >= 4 is 29.9 Å². The van der Waals surface area contributed by atoms with Crippen molar-refractivity contribution in [2.24, 2.45) is 4.99 Å². The zero-order chi connectivity index (χ0) is 20.5. The van der Waals surface area contributed by atoms with Crippen molar-refractivity contribution in [1.82, 2.24) is 25.4 Å². The molecule has 0 atom stereocenters. The SMILES string of the molecule is CN=C(NCCCc1ccc(C(C)C)cc1)NCc1ccc(-n2cncn2)cc1.I. The third-order valence-electron chi connectivity index (χ3n) is 4.88. The molecule has 2 aromatic carbocycles. The number of benzene rings is 2. The van der Waals surface area contributed by atoms with E-state index in [1.165, 1.54) is 23.0 Å². The maximum Gasteiger partial charge on any atom is 0.191 e. The van der Waals surface area contributed by atoms with Gasteiger partial charge in [0.2, 0.25) is 0 Å². The largest absolute Gasteiger partial charge is 0.356 e. The molecule has 7 heteroatoms. The number of nitrogens with zero attached hydrogens (tertiary/aromatic N) is 4. The van der Waals surface area contributed by atoms with E-state index in [-0.39, 0.29) is 24.0 Å². The maximum atomic E-state index is 4.31. The van der Waals surface area contributed by atoms with Crippen LogP contribution in [-0.4, -0.2) is 34.3 Å². The van der Waals surface area contributed by atoms with Gasteiger partial charge in [0.1, 0.15) is 12.7 Å². The molecule has 0 fully saturated rings. The number of rotatable bonds is 8. The lowest BCUT2D eigenvalue weighted by atomic mass is 10.0. The fraction of sp³-hybridized carbons (Fsp3) is 0.348. The van der Waals surface area contributed by atoms with Crippen LogP contribution in [0.5, 0.6) is 0 Å².